The molecule has 80 valence electrons. The molecule has 1 N–H and O–H groups in total. The summed E-state index contributed by atoms with van der Waals surface area (Å²) in [6.45, 7) is 8.70. The van der Waals surface area contributed by atoms with Gasteiger partial charge in [0.15, 0.2) is 0 Å². The van der Waals surface area contributed by atoms with Crippen LogP contribution in [0.15, 0.2) is 0 Å². The van der Waals surface area contributed by atoms with E-state index in [0.717, 1.165) is 12.3 Å². The Bertz CT molecular complexity index is 108. The fourth-order valence-corrected chi connectivity index (χ4v) is 1.42. The predicted molar refractivity (Wildman–Crippen MR) is 58.8 cm³/mol. The van der Waals surface area contributed by atoms with E-state index in [9.17, 15) is 5.11 Å². The van der Waals surface area contributed by atoms with Crippen LogP contribution in [0.25, 0.3) is 0 Å². The van der Waals surface area contributed by atoms with Crippen molar-refractivity contribution < 1.29 is 5.11 Å². The van der Waals surface area contributed by atoms with E-state index in [0.29, 0.717) is 5.92 Å². The topological polar surface area (TPSA) is 20.2 Å². The second-order valence-corrected chi connectivity index (χ2v) is 4.84. The van der Waals surface area contributed by atoms with Crippen LogP contribution in [0.4, 0.5) is 0 Å². The Kier molecular flexibility index (Phi) is 7.35. The number of rotatable bonds is 7. The largest absolute Gasteiger partial charge is 0.393 e. The smallest absolute Gasteiger partial charge is 0.0563 e. The average molecular weight is 186 g/mol. The quantitative estimate of drug-likeness (QED) is 0.602. The van der Waals surface area contributed by atoms with E-state index in [1.165, 1.54) is 25.7 Å². The fraction of sp³-hybridized carbons (Fsp3) is 1.00. The molecule has 0 amide bonds. The van der Waals surface area contributed by atoms with Crippen molar-refractivity contribution in [1.29, 1.82) is 0 Å². The summed E-state index contributed by atoms with van der Waals surface area (Å²) in [5.74, 6) is 1.25. The first kappa shape index (κ1) is 13.0. The molecule has 0 rings (SSSR count). The Balaban J connectivity index is 3.16. The minimum atomic E-state index is -0.0842. The van der Waals surface area contributed by atoms with Crippen LogP contribution < -0.4 is 0 Å². The third-order valence-electron chi connectivity index (χ3n) is 2.55. The Morgan fingerprint density at radius 2 is 1.38 bits per heavy atom. The minimum absolute atomic E-state index is 0.0842. The summed E-state index contributed by atoms with van der Waals surface area (Å²) in [5.41, 5.74) is 0. The molecule has 0 aromatic heterocycles. The lowest BCUT2D eigenvalue weighted by Gasteiger charge is -2.13. The average Bonchev–Trinajstić information content (AvgIpc) is 2.02. The number of hydrogen-bond acceptors (Lipinski definition) is 1. The normalized spacial score (nSPS) is 14.1. The van der Waals surface area contributed by atoms with Crippen molar-refractivity contribution in [3.8, 4) is 0 Å². The zero-order valence-corrected chi connectivity index (χ0v) is 9.71. The lowest BCUT2D eigenvalue weighted by Crippen LogP contribution is -2.13. The van der Waals surface area contributed by atoms with Gasteiger partial charge in [-0.2, -0.15) is 0 Å². The van der Waals surface area contributed by atoms with Crippen LogP contribution in [0.3, 0.4) is 0 Å². The highest BCUT2D eigenvalue weighted by atomic mass is 16.3. The Morgan fingerprint density at radius 3 is 1.85 bits per heavy atom. The second-order valence-electron chi connectivity index (χ2n) is 4.84. The van der Waals surface area contributed by atoms with E-state index in [1.54, 1.807) is 0 Å². The lowest BCUT2D eigenvalue weighted by atomic mass is 9.99. The van der Waals surface area contributed by atoms with Crippen molar-refractivity contribution >= 4 is 0 Å². The maximum Gasteiger partial charge on any atom is 0.0563 e. The van der Waals surface area contributed by atoms with Crippen LogP contribution >= 0.6 is 0 Å². The third-order valence-corrected chi connectivity index (χ3v) is 2.55. The monoisotopic (exact) mass is 186 g/mol. The van der Waals surface area contributed by atoms with Gasteiger partial charge < -0.3 is 5.11 Å². The van der Waals surface area contributed by atoms with Gasteiger partial charge in [-0.3, -0.25) is 0 Å². The van der Waals surface area contributed by atoms with E-state index in [-0.39, 0.29) is 6.10 Å². The summed E-state index contributed by atoms with van der Waals surface area (Å²) in [7, 11) is 0. The minimum Gasteiger partial charge on any atom is -0.393 e. The summed E-state index contributed by atoms with van der Waals surface area (Å²) in [4.78, 5) is 0. The molecule has 1 unspecified atom stereocenters. The molecule has 1 heteroatoms. The molecule has 0 aromatic carbocycles. The zero-order valence-electron chi connectivity index (χ0n) is 9.71. The molecule has 0 aliphatic heterocycles. The molecule has 1 nitrogen and oxygen atoms in total. The molecule has 0 heterocycles. The van der Waals surface area contributed by atoms with Gasteiger partial charge in [0.1, 0.15) is 0 Å². The van der Waals surface area contributed by atoms with Gasteiger partial charge in [-0.15, -0.1) is 0 Å². The molecule has 0 aliphatic carbocycles. The maximum atomic E-state index is 9.53. The molecule has 1 atom stereocenters. The van der Waals surface area contributed by atoms with Gasteiger partial charge in [0.2, 0.25) is 0 Å². The molecule has 0 saturated heterocycles. The van der Waals surface area contributed by atoms with Gasteiger partial charge in [0.05, 0.1) is 6.10 Å². The van der Waals surface area contributed by atoms with Crippen molar-refractivity contribution in [3.63, 3.8) is 0 Å². The van der Waals surface area contributed by atoms with Crippen molar-refractivity contribution in [2.75, 3.05) is 0 Å². The highest BCUT2D eigenvalue weighted by Crippen LogP contribution is 2.13. The molecule has 0 aromatic rings. The predicted octanol–water partition coefficient (Wildman–Crippen LogP) is 3.61. The van der Waals surface area contributed by atoms with Gasteiger partial charge in [-0.25, -0.2) is 0 Å². The zero-order chi connectivity index (χ0) is 10.3. The Morgan fingerprint density at radius 1 is 0.846 bits per heavy atom. The Labute approximate surface area is 83.5 Å². The van der Waals surface area contributed by atoms with Crippen LogP contribution in [-0.4, -0.2) is 11.2 Å². The summed E-state index contributed by atoms with van der Waals surface area (Å²) in [6, 6.07) is 0. The SMILES string of the molecule is CC(C)CCCCCC(O)C(C)C. The molecule has 0 spiro atoms. The van der Waals surface area contributed by atoms with Crippen molar-refractivity contribution in [3.05, 3.63) is 0 Å². The van der Waals surface area contributed by atoms with Crippen molar-refractivity contribution in [2.45, 2.75) is 65.9 Å². The van der Waals surface area contributed by atoms with E-state index < -0.39 is 0 Å². The van der Waals surface area contributed by atoms with Gasteiger partial charge >= 0.3 is 0 Å². The van der Waals surface area contributed by atoms with E-state index in [1.807, 2.05) is 0 Å². The number of unbranched alkanes of at least 4 members (excludes halogenated alkanes) is 2. The first-order valence-electron chi connectivity index (χ1n) is 5.72. The molecule has 13 heavy (non-hydrogen) atoms. The number of hydrogen-bond donors (Lipinski definition) is 1. The van der Waals surface area contributed by atoms with Gasteiger partial charge in [-0.1, -0.05) is 53.4 Å². The van der Waals surface area contributed by atoms with Crippen molar-refractivity contribution in [1.82, 2.24) is 0 Å². The third kappa shape index (κ3) is 8.29. The van der Waals surface area contributed by atoms with Crippen LogP contribution in [0, 0.1) is 11.8 Å². The van der Waals surface area contributed by atoms with Crippen LogP contribution in [-0.2, 0) is 0 Å². The summed E-state index contributed by atoms with van der Waals surface area (Å²) >= 11 is 0. The lowest BCUT2D eigenvalue weighted by molar-refractivity contribution is 0.113. The van der Waals surface area contributed by atoms with Gasteiger partial charge in [0.25, 0.3) is 0 Å². The molecule has 0 bridgehead atoms. The first-order valence-corrected chi connectivity index (χ1v) is 5.72. The number of aliphatic hydroxyl groups is 1. The van der Waals surface area contributed by atoms with Crippen LogP contribution in [0.5, 0.6) is 0 Å². The summed E-state index contributed by atoms with van der Waals surface area (Å²) < 4.78 is 0. The molecular weight excluding hydrogens is 160 g/mol. The molecule has 0 aliphatic rings. The highest BCUT2D eigenvalue weighted by molar-refractivity contribution is 4.59. The van der Waals surface area contributed by atoms with E-state index in [4.69, 9.17) is 0 Å². The standard InChI is InChI=1S/C12H26O/c1-10(2)8-6-5-7-9-12(13)11(3)4/h10-13H,5-9H2,1-4H3. The molecule has 0 radical (unpaired) electrons. The molecule has 0 fully saturated rings. The van der Waals surface area contributed by atoms with E-state index in [2.05, 4.69) is 27.7 Å². The number of aliphatic hydroxyl groups excluding tert-OH is 1. The van der Waals surface area contributed by atoms with Crippen LogP contribution in [0.1, 0.15) is 59.8 Å². The first-order chi connectivity index (χ1) is 6.04. The van der Waals surface area contributed by atoms with E-state index >= 15 is 0 Å². The van der Waals surface area contributed by atoms with Gasteiger partial charge in [0, 0.05) is 0 Å². The van der Waals surface area contributed by atoms with Crippen LogP contribution in [0.2, 0.25) is 0 Å². The summed E-state index contributed by atoms with van der Waals surface area (Å²) in [6.07, 6.45) is 6.02. The van der Waals surface area contributed by atoms with Crippen molar-refractivity contribution in [2.24, 2.45) is 11.8 Å². The molecular formula is C12H26O. The Hall–Kier alpha value is -0.0400. The molecule has 0 saturated carbocycles. The highest BCUT2D eigenvalue weighted by Gasteiger charge is 2.07. The van der Waals surface area contributed by atoms with Gasteiger partial charge in [-0.05, 0) is 18.3 Å². The fourth-order valence-electron chi connectivity index (χ4n) is 1.42. The second kappa shape index (κ2) is 7.37. The maximum absolute atomic E-state index is 9.53. The summed E-state index contributed by atoms with van der Waals surface area (Å²) in [5, 5.41) is 9.53.